The largest absolute Gasteiger partial charge is 0.343 e. The minimum atomic E-state index is -0.0951. The van der Waals surface area contributed by atoms with Gasteiger partial charge in [0.05, 0.1) is 5.69 Å². The third kappa shape index (κ3) is 2.95. The molecule has 0 radical (unpaired) electrons. The minimum Gasteiger partial charge on any atom is -0.297 e. The van der Waals surface area contributed by atoms with Crippen molar-refractivity contribution in [2.75, 3.05) is 13.1 Å². The summed E-state index contributed by atoms with van der Waals surface area (Å²) in [6.45, 7) is 2.96. The average Bonchev–Trinajstić information content (AvgIpc) is 3.02. The molecule has 122 valence electrons. The SMILES string of the molecule is O=c1[nH]ncn1C1CCN(Cc2nccc3c2CCCC3)CC1. The number of hydrogen-bond donors (Lipinski definition) is 1. The summed E-state index contributed by atoms with van der Waals surface area (Å²) in [5.41, 5.74) is 4.16. The van der Waals surface area contributed by atoms with Crippen molar-refractivity contribution in [3.63, 3.8) is 0 Å². The van der Waals surface area contributed by atoms with Crippen LogP contribution in [0.4, 0.5) is 0 Å². The van der Waals surface area contributed by atoms with Crippen molar-refractivity contribution in [3.05, 3.63) is 45.9 Å². The zero-order valence-corrected chi connectivity index (χ0v) is 13.4. The number of fused-ring (bicyclic) bond motifs is 1. The summed E-state index contributed by atoms with van der Waals surface area (Å²) >= 11 is 0. The van der Waals surface area contributed by atoms with Crippen molar-refractivity contribution in [1.29, 1.82) is 0 Å². The summed E-state index contributed by atoms with van der Waals surface area (Å²) in [6.07, 6.45) is 10.6. The summed E-state index contributed by atoms with van der Waals surface area (Å²) in [5.74, 6) is 0. The van der Waals surface area contributed by atoms with Crippen molar-refractivity contribution in [2.45, 2.75) is 51.1 Å². The molecule has 3 heterocycles. The molecule has 6 heteroatoms. The van der Waals surface area contributed by atoms with Gasteiger partial charge in [0, 0.05) is 31.9 Å². The summed E-state index contributed by atoms with van der Waals surface area (Å²) in [5, 5.41) is 6.32. The monoisotopic (exact) mass is 313 g/mol. The number of nitrogens with one attached hydrogen (secondary N) is 1. The molecule has 2 aromatic rings. The molecule has 2 aliphatic rings. The van der Waals surface area contributed by atoms with Crippen molar-refractivity contribution >= 4 is 0 Å². The first kappa shape index (κ1) is 14.6. The van der Waals surface area contributed by atoms with Gasteiger partial charge in [-0.2, -0.15) is 5.10 Å². The van der Waals surface area contributed by atoms with E-state index in [9.17, 15) is 4.79 Å². The van der Waals surface area contributed by atoms with Crippen LogP contribution < -0.4 is 5.69 Å². The first-order valence-electron chi connectivity index (χ1n) is 8.61. The van der Waals surface area contributed by atoms with Crippen LogP contribution in [0.5, 0.6) is 0 Å². The van der Waals surface area contributed by atoms with Gasteiger partial charge in [0.1, 0.15) is 6.33 Å². The topological polar surface area (TPSA) is 66.8 Å². The number of piperidine rings is 1. The van der Waals surface area contributed by atoms with Gasteiger partial charge in [-0.1, -0.05) is 0 Å². The van der Waals surface area contributed by atoms with Crippen molar-refractivity contribution in [2.24, 2.45) is 0 Å². The fourth-order valence-electron chi connectivity index (χ4n) is 3.96. The lowest BCUT2D eigenvalue weighted by Crippen LogP contribution is -2.36. The van der Waals surface area contributed by atoms with E-state index >= 15 is 0 Å². The van der Waals surface area contributed by atoms with Crippen molar-refractivity contribution < 1.29 is 0 Å². The summed E-state index contributed by atoms with van der Waals surface area (Å²) in [7, 11) is 0. The molecule has 0 amide bonds. The highest BCUT2D eigenvalue weighted by molar-refractivity contribution is 5.32. The molecule has 0 aromatic carbocycles. The van der Waals surface area contributed by atoms with Gasteiger partial charge in [-0.25, -0.2) is 9.89 Å². The van der Waals surface area contributed by atoms with Crippen LogP contribution in [0.3, 0.4) is 0 Å². The number of aryl methyl sites for hydroxylation is 1. The molecule has 0 unspecified atom stereocenters. The van der Waals surface area contributed by atoms with Gasteiger partial charge in [-0.05, 0) is 55.7 Å². The lowest BCUT2D eigenvalue weighted by molar-refractivity contribution is 0.175. The average molecular weight is 313 g/mol. The van der Waals surface area contributed by atoms with Gasteiger partial charge in [0.2, 0.25) is 0 Å². The van der Waals surface area contributed by atoms with E-state index in [0.29, 0.717) is 0 Å². The van der Waals surface area contributed by atoms with Crippen LogP contribution in [-0.4, -0.2) is 37.7 Å². The van der Waals surface area contributed by atoms with Crippen LogP contribution >= 0.6 is 0 Å². The van der Waals surface area contributed by atoms with E-state index in [1.54, 1.807) is 10.9 Å². The first-order chi connectivity index (χ1) is 11.3. The Kier molecular flexibility index (Phi) is 3.99. The molecular weight excluding hydrogens is 290 g/mol. The second kappa shape index (κ2) is 6.28. The minimum absolute atomic E-state index is 0.0951. The molecule has 2 aromatic heterocycles. The van der Waals surface area contributed by atoms with E-state index in [0.717, 1.165) is 32.5 Å². The Morgan fingerprint density at radius 2 is 2.04 bits per heavy atom. The Morgan fingerprint density at radius 3 is 2.83 bits per heavy atom. The molecule has 1 aliphatic heterocycles. The maximum Gasteiger partial charge on any atom is 0.343 e. The highest BCUT2D eigenvalue weighted by Gasteiger charge is 2.23. The van der Waals surface area contributed by atoms with E-state index in [2.05, 4.69) is 26.1 Å². The summed E-state index contributed by atoms with van der Waals surface area (Å²) in [6, 6.07) is 2.46. The van der Waals surface area contributed by atoms with E-state index in [-0.39, 0.29) is 11.7 Å². The molecule has 0 bridgehead atoms. The number of hydrogen-bond acceptors (Lipinski definition) is 4. The first-order valence-corrected chi connectivity index (χ1v) is 8.61. The van der Waals surface area contributed by atoms with Gasteiger partial charge < -0.3 is 0 Å². The molecule has 6 nitrogen and oxygen atoms in total. The van der Waals surface area contributed by atoms with Crippen LogP contribution in [0.15, 0.2) is 23.4 Å². The van der Waals surface area contributed by atoms with Gasteiger partial charge in [-0.15, -0.1) is 0 Å². The number of nitrogens with zero attached hydrogens (tertiary/aromatic N) is 4. The van der Waals surface area contributed by atoms with Gasteiger partial charge in [-0.3, -0.25) is 14.5 Å². The molecule has 23 heavy (non-hydrogen) atoms. The van der Waals surface area contributed by atoms with Crippen molar-refractivity contribution in [1.82, 2.24) is 24.6 Å². The third-order valence-corrected chi connectivity index (χ3v) is 5.27. The second-order valence-electron chi connectivity index (χ2n) is 6.68. The van der Waals surface area contributed by atoms with Crippen LogP contribution in [-0.2, 0) is 19.4 Å². The number of H-pyrrole nitrogens is 1. The zero-order valence-electron chi connectivity index (χ0n) is 13.4. The predicted octanol–water partition coefficient (Wildman–Crippen LogP) is 1.68. The Hall–Kier alpha value is -1.95. The quantitative estimate of drug-likeness (QED) is 0.936. The standard InChI is InChI=1S/C17H23N5O/c23-17-20-19-12-22(17)14-6-9-21(10-7-14)11-16-15-4-2-1-3-13(15)5-8-18-16/h5,8,12,14H,1-4,6-7,9-11H2,(H,20,23). The van der Waals surface area contributed by atoms with E-state index in [4.69, 9.17) is 0 Å². The third-order valence-electron chi connectivity index (χ3n) is 5.27. The molecule has 0 atom stereocenters. The summed E-state index contributed by atoms with van der Waals surface area (Å²) in [4.78, 5) is 18.8. The molecule has 1 fully saturated rings. The van der Waals surface area contributed by atoms with E-state index in [1.165, 1.54) is 42.5 Å². The summed E-state index contributed by atoms with van der Waals surface area (Å²) < 4.78 is 1.74. The number of likely N-dealkylation sites (tertiary alicyclic amines) is 1. The molecule has 0 spiro atoms. The van der Waals surface area contributed by atoms with Gasteiger partial charge >= 0.3 is 5.69 Å². The van der Waals surface area contributed by atoms with Crippen LogP contribution in [0.25, 0.3) is 0 Å². The van der Waals surface area contributed by atoms with Gasteiger partial charge in [0.25, 0.3) is 0 Å². The Labute approximate surface area is 135 Å². The Morgan fingerprint density at radius 1 is 1.22 bits per heavy atom. The van der Waals surface area contributed by atoms with E-state index in [1.807, 2.05) is 6.20 Å². The van der Waals surface area contributed by atoms with Crippen molar-refractivity contribution in [3.8, 4) is 0 Å². The predicted molar refractivity (Wildman–Crippen MR) is 87.3 cm³/mol. The zero-order chi connectivity index (χ0) is 15.6. The molecule has 4 rings (SSSR count). The fourth-order valence-corrected chi connectivity index (χ4v) is 3.96. The maximum absolute atomic E-state index is 11.7. The highest BCUT2D eigenvalue weighted by Crippen LogP contribution is 2.26. The second-order valence-corrected chi connectivity index (χ2v) is 6.68. The fraction of sp³-hybridized carbons (Fsp3) is 0.588. The maximum atomic E-state index is 11.7. The molecule has 1 saturated heterocycles. The number of rotatable bonds is 3. The normalized spacial score (nSPS) is 19.7. The Balaban J connectivity index is 1.42. The highest BCUT2D eigenvalue weighted by atomic mass is 16.1. The number of aromatic amines is 1. The molecule has 1 aliphatic carbocycles. The lowest BCUT2D eigenvalue weighted by Gasteiger charge is -2.32. The van der Waals surface area contributed by atoms with Crippen LogP contribution in [0.2, 0.25) is 0 Å². The van der Waals surface area contributed by atoms with Gasteiger partial charge in [0.15, 0.2) is 0 Å². The molecule has 0 saturated carbocycles. The molecule has 1 N–H and O–H groups in total. The molecular formula is C17H23N5O. The number of pyridine rings is 1. The lowest BCUT2D eigenvalue weighted by atomic mass is 9.90. The van der Waals surface area contributed by atoms with Crippen LogP contribution in [0.1, 0.15) is 48.5 Å². The number of aromatic nitrogens is 4. The van der Waals surface area contributed by atoms with Crippen LogP contribution in [0, 0.1) is 0 Å². The Bertz CT molecular complexity index is 727. The smallest absolute Gasteiger partial charge is 0.297 e. The van der Waals surface area contributed by atoms with E-state index < -0.39 is 0 Å².